The summed E-state index contributed by atoms with van der Waals surface area (Å²) in [6.45, 7) is 1.82. The molecule has 21 heavy (non-hydrogen) atoms. The van der Waals surface area contributed by atoms with Crippen molar-refractivity contribution >= 4 is 5.82 Å². The summed E-state index contributed by atoms with van der Waals surface area (Å²) in [6.07, 6.45) is -2.90. The van der Waals surface area contributed by atoms with E-state index in [9.17, 15) is 13.2 Å². The number of aromatic nitrogens is 1. The Bertz CT molecular complexity index is 640. The molecule has 0 fully saturated rings. The normalized spacial score (nSPS) is 12.5. The molecule has 108 valence electrons. The molecule has 0 aliphatic heterocycles. The highest BCUT2D eigenvalue weighted by atomic mass is 19.4. The lowest BCUT2D eigenvalue weighted by atomic mass is 10.1. The molecule has 2 aromatic rings. The average Bonchev–Trinajstić information content (AvgIpc) is 2.47. The number of benzene rings is 1. The number of hydrogen-bond acceptors (Lipinski definition) is 3. The Morgan fingerprint density at radius 1 is 1.14 bits per heavy atom. The zero-order chi connectivity index (χ0) is 15.5. The first-order valence-corrected chi connectivity index (χ1v) is 6.20. The van der Waals surface area contributed by atoms with Crippen molar-refractivity contribution in [2.45, 2.75) is 19.1 Å². The first-order valence-electron chi connectivity index (χ1n) is 6.20. The minimum atomic E-state index is -4.33. The van der Waals surface area contributed by atoms with Crippen molar-refractivity contribution in [3.63, 3.8) is 0 Å². The van der Waals surface area contributed by atoms with Crippen LogP contribution in [0.25, 0.3) is 0 Å². The molecule has 0 unspecified atom stereocenters. The third kappa shape index (κ3) is 3.72. The summed E-state index contributed by atoms with van der Waals surface area (Å²) in [7, 11) is 0. The number of halogens is 3. The molecule has 1 atom stereocenters. The first kappa shape index (κ1) is 14.9. The van der Waals surface area contributed by atoms with Gasteiger partial charge in [0.1, 0.15) is 11.9 Å². The Kier molecular flexibility index (Phi) is 4.13. The zero-order valence-corrected chi connectivity index (χ0v) is 11.1. The van der Waals surface area contributed by atoms with Gasteiger partial charge in [-0.1, -0.05) is 12.1 Å². The Morgan fingerprint density at radius 2 is 1.81 bits per heavy atom. The van der Waals surface area contributed by atoms with E-state index in [1.165, 1.54) is 18.3 Å². The molecule has 0 saturated heterocycles. The van der Waals surface area contributed by atoms with Crippen molar-refractivity contribution in [3.8, 4) is 6.07 Å². The van der Waals surface area contributed by atoms with Crippen LogP contribution in [0.2, 0.25) is 0 Å². The summed E-state index contributed by atoms with van der Waals surface area (Å²) in [5.41, 5.74) is 0.492. The summed E-state index contributed by atoms with van der Waals surface area (Å²) in [5, 5.41) is 11.7. The van der Waals surface area contributed by atoms with Crippen molar-refractivity contribution in [1.29, 1.82) is 5.26 Å². The highest BCUT2D eigenvalue weighted by Gasteiger charge is 2.30. The van der Waals surface area contributed by atoms with E-state index < -0.39 is 11.7 Å². The standard InChI is InChI=1S/C15H12F3N3/c1-10(21-14-7-2-11(8-19)9-20-14)12-3-5-13(6-4-12)15(16,17)18/h2-7,9-10H,1H3,(H,20,21)/t10-/m0/s1. The molecular formula is C15H12F3N3. The van der Waals surface area contributed by atoms with E-state index in [1.807, 2.05) is 13.0 Å². The van der Waals surface area contributed by atoms with Crippen LogP contribution in [0.15, 0.2) is 42.6 Å². The fraction of sp³-hybridized carbons (Fsp3) is 0.200. The van der Waals surface area contributed by atoms with Crippen molar-refractivity contribution in [2.24, 2.45) is 0 Å². The highest BCUT2D eigenvalue weighted by Crippen LogP contribution is 2.30. The number of alkyl halides is 3. The van der Waals surface area contributed by atoms with Gasteiger partial charge in [-0.05, 0) is 36.8 Å². The van der Waals surface area contributed by atoms with Gasteiger partial charge in [0, 0.05) is 12.2 Å². The van der Waals surface area contributed by atoms with E-state index in [0.717, 1.165) is 12.1 Å². The molecule has 0 amide bonds. The number of nitrogens with one attached hydrogen (secondary N) is 1. The van der Waals surface area contributed by atoms with Gasteiger partial charge in [-0.2, -0.15) is 18.4 Å². The molecule has 0 spiro atoms. The molecule has 1 N–H and O–H groups in total. The summed E-state index contributed by atoms with van der Waals surface area (Å²) in [4.78, 5) is 4.06. The number of rotatable bonds is 3. The maximum atomic E-state index is 12.5. The van der Waals surface area contributed by atoms with Crippen molar-refractivity contribution in [3.05, 3.63) is 59.3 Å². The van der Waals surface area contributed by atoms with Gasteiger partial charge in [0.25, 0.3) is 0 Å². The molecule has 0 saturated carbocycles. The molecule has 0 radical (unpaired) electrons. The quantitative estimate of drug-likeness (QED) is 0.924. The summed E-state index contributed by atoms with van der Waals surface area (Å²) >= 11 is 0. The van der Waals surface area contributed by atoms with Crippen molar-refractivity contribution in [1.82, 2.24) is 4.98 Å². The third-order valence-electron chi connectivity index (χ3n) is 2.99. The lowest BCUT2D eigenvalue weighted by molar-refractivity contribution is -0.137. The maximum Gasteiger partial charge on any atom is 0.416 e. The van der Waals surface area contributed by atoms with Gasteiger partial charge in [0.15, 0.2) is 0 Å². The second-order valence-corrected chi connectivity index (χ2v) is 4.53. The molecule has 1 heterocycles. The second kappa shape index (κ2) is 5.83. The fourth-order valence-corrected chi connectivity index (χ4v) is 1.81. The van der Waals surface area contributed by atoms with E-state index in [1.54, 1.807) is 12.1 Å². The maximum absolute atomic E-state index is 12.5. The molecule has 3 nitrogen and oxygen atoms in total. The number of nitrogens with zero attached hydrogens (tertiary/aromatic N) is 2. The van der Waals surface area contributed by atoms with Gasteiger partial charge >= 0.3 is 6.18 Å². The van der Waals surface area contributed by atoms with Gasteiger partial charge in [0.2, 0.25) is 0 Å². The van der Waals surface area contributed by atoms with E-state index >= 15 is 0 Å². The molecule has 1 aromatic heterocycles. The van der Waals surface area contributed by atoms with E-state index in [0.29, 0.717) is 16.9 Å². The molecular weight excluding hydrogens is 279 g/mol. The molecule has 0 aliphatic rings. The van der Waals surface area contributed by atoms with Crippen LogP contribution in [-0.4, -0.2) is 4.98 Å². The molecule has 0 bridgehead atoms. The average molecular weight is 291 g/mol. The van der Waals surface area contributed by atoms with E-state index in [-0.39, 0.29) is 6.04 Å². The third-order valence-corrected chi connectivity index (χ3v) is 2.99. The van der Waals surface area contributed by atoms with Gasteiger partial charge < -0.3 is 5.32 Å². The molecule has 6 heteroatoms. The van der Waals surface area contributed by atoms with Crippen LogP contribution in [0.5, 0.6) is 0 Å². The topological polar surface area (TPSA) is 48.7 Å². The summed E-state index contributed by atoms with van der Waals surface area (Å²) in [6, 6.07) is 10.0. The van der Waals surface area contributed by atoms with Crippen LogP contribution in [0.1, 0.15) is 29.7 Å². The van der Waals surface area contributed by atoms with Gasteiger partial charge in [-0.15, -0.1) is 0 Å². The first-order chi connectivity index (χ1) is 9.90. The van der Waals surface area contributed by atoms with Crippen molar-refractivity contribution in [2.75, 3.05) is 5.32 Å². The second-order valence-electron chi connectivity index (χ2n) is 4.53. The SMILES string of the molecule is C[C@H](Nc1ccc(C#N)cn1)c1ccc(C(F)(F)F)cc1. The predicted octanol–water partition coefficient (Wildman–Crippen LogP) is 4.15. The zero-order valence-electron chi connectivity index (χ0n) is 11.1. The lowest BCUT2D eigenvalue weighted by Crippen LogP contribution is -2.09. The van der Waals surface area contributed by atoms with E-state index in [2.05, 4.69) is 10.3 Å². The fourth-order valence-electron chi connectivity index (χ4n) is 1.81. The van der Waals surface area contributed by atoms with Crippen LogP contribution in [0.4, 0.5) is 19.0 Å². The van der Waals surface area contributed by atoms with Crippen LogP contribution in [0.3, 0.4) is 0 Å². The number of nitriles is 1. The Hall–Kier alpha value is -2.55. The smallest absolute Gasteiger partial charge is 0.364 e. The highest BCUT2D eigenvalue weighted by molar-refractivity contribution is 5.41. The Balaban J connectivity index is 2.09. The van der Waals surface area contributed by atoms with Gasteiger partial charge in [0.05, 0.1) is 11.1 Å². The largest absolute Gasteiger partial charge is 0.416 e. The number of pyridine rings is 1. The Morgan fingerprint density at radius 3 is 2.29 bits per heavy atom. The van der Waals surface area contributed by atoms with Gasteiger partial charge in [-0.25, -0.2) is 4.98 Å². The van der Waals surface area contributed by atoms with Crippen LogP contribution < -0.4 is 5.32 Å². The molecule has 1 aromatic carbocycles. The molecule has 2 rings (SSSR count). The minimum absolute atomic E-state index is 0.201. The molecule has 0 aliphatic carbocycles. The Labute approximate surface area is 120 Å². The summed E-state index contributed by atoms with van der Waals surface area (Å²) < 4.78 is 37.5. The number of hydrogen-bond donors (Lipinski definition) is 1. The van der Waals surface area contributed by atoms with E-state index in [4.69, 9.17) is 5.26 Å². The monoisotopic (exact) mass is 291 g/mol. The van der Waals surface area contributed by atoms with Crippen LogP contribution in [-0.2, 0) is 6.18 Å². The predicted molar refractivity (Wildman–Crippen MR) is 72.4 cm³/mol. The van der Waals surface area contributed by atoms with Crippen LogP contribution in [0, 0.1) is 11.3 Å². The van der Waals surface area contributed by atoms with Crippen LogP contribution >= 0.6 is 0 Å². The summed E-state index contributed by atoms with van der Waals surface area (Å²) in [5.74, 6) is 0.557. The lowest BCUT2D eigenvalue weighted by Gasteiger charge is -2.16. The number of anilines is 1. The van der Waals surface area contributed by atoms with Crippen molar-refractivity contribution < 1.29 is 13.2 Å². The van der Waals surface area contributed by atoms with Gasteiger partial charge in [-0.3, -0.25) is 0 Å². The minimum Gasteiger partial charge on any atom is -0.364 e.